The number of carboxylic acid groups (broad SMARTS) is 4. The van der Waals surface area contributed by atoms with E-state index in [-0.39, 0.29) is 81.3 Å². The number of hydrogen-bond donors (Lipinski definition) is 0. The maximum atomic E-state index is 10.2. The summed E-state index contributed by atoms with van der Waals surface area (Å²) in [6.45, 7) is 8.00. The monoisotopic (exact) mass is 1110 g/mol. The van der Waals surface area contributed by atoms with E-state index in [2.05, 4.69) is 0 Å². The zero-order valence-electron chi connectivity index (χ0n) is 33.7. The van der Waals surface area contributed by atoms with Gasteiger partial charge in [0.1, 0.15) is 0 Å². The molecule has 4 aliphatic rings. The van der Waals surface area contributed by atoms with E-state index >= 15 is 0 Å². The Balaban J connectivity index is 0. The smallest absolute Gasteiger partial charge is 0.545 e. The molecule has 62 heavy (non-hydrogen) atoms. The van der Waals surface area contributed by atoms with Crippen molar-refractivity contribution < 1.29 is 97.5 Å². The van der Waals surface area contributed by atoms with Crippen LogP contribution in [0.3, 0.4) is 0 Å². The van der Waals surface area contributed by atoms with Crippen molar-refractivity contribution in [3.63, 3.8) is 0 Å². The van der Waals surface area contributed by atoms with Crippen molar-refractivity contribution in [1.29, 1.82) is 0 Å². The molecule has 4 aliphatic heterocycles. The Morgan fingerprint density at radius 1 is 0.323 bits per heavy atom. The van der Waals surface area contributed by atoms with E-state index in [4.69, 9.17) is 65.4 Å². The second-order valence-corrected chi connectivity index (χ2v) is 14.0. The fourth-order valence-corrected chi connectivity index (χ4v) is 5.40. The predicted molar refractivity (Wildman–Crippen MR) is 223 cm³/mol. The van der Waals surface area contributed by atoms with Gasteiger partial charge in [-0.1, -0.05) is 119 Å². The minimum absolute atomic E-state index is 0. The number of halogens is 4. The molecule has 4 fully saturated rings. The number of carbonyl (C=O) groups is 4. The van der Waals surface area contributed by atoms with Gasteiger partial charge in [-0.25, -0.2) is 0 Å². The molecule has 4 heterocycles. The van der Waals surface area contributed by atoms with Gasteiger partial charge in [0.15, 0.2) is 0 Å². The Morgan fingerprint density at radius 2 is 0.468 bits per heavy atom. The maximum Gasteiger partial charge on any atom is 2.00 e. The molecule has 4 aromatic rings. The van der Waals surface area contributed by atoms with E-state index in [0.717, 1.165) is 52.9 Å². The van der Waals surface area contributed by atoms with Crippen LogP contribution in [0.15, 0.2) is 97.1 Å². The number of benzene rings is 4. The predicted octanol–water partition coefficient (Wildman–Crippen LogP) is 6.00. The third kappa shape index (κ3) is 30.2. The molecule has 0 aromatic heterocycles. The third-order valence-electron chi connectivity index (χ3n) is 7.68. The number of carbonyl (C=O) groups excluding carboxylic acids is 4. The van der Waals surface area contributed by atoms with Crippen molar-refractivity contribution in [3.8, 4) is 0 Å². The van der Waals surface area contributed by atoms with Crippen molar-refractivity contribution >= 4 is 70.3 Å². The second-order valence-electron chi connectivity index (χ2n) is 12.3. The summed E-state index contributed by atoms with van der Waals surface area (Å²) in [4.78, 5) is 40.9. The van der Waals surface area contributed by atoms with Crippen LogP contribution in [0, 0.1) is 0 Å². The van der Waals surface area contributed by atoms with Gasteiger partial charge in [-0.15, -0.1) is 0 Å². The number of carboxylic acids is 4. The Labute approximate surface area is 408 Å². The molecule has 340 valence electrons. The molecule has 4 aromatic carbocycles. The van der Waals surface area contributed by atoms with Crippen LogP contribution in [-0.2, 0) is 57.9 Å². The molecule has 0 aliphatic carbocycles. The molecule has 0 atom stereocenters. The molecule has 0 saturated carbocycles. The Morgan fingerprint density at radius 3 is 0.548 bits per heavy atom. The van der Waals surface area contributed by atoms with Gasteiger partial charge in [0.05, 0.1) is 23.9 Å². The second kappa shape index (κ2) is 39.6. The van der Waals surface area contributed by atoms with Gasteiger partial charge in [0.2, 0.25) is 0 Å². The van der Waals surface area contributed by atoms with Crippen molar-refractivity contribution in [3.05, 3.63) is 139 Å². The fraction of sp³-hybridized carbons (Fsp3) is 0.364. The van der Waals surface area contributed by atoms with Gasteiger partial charge in [-0.3, -0.25) is 0 Å². The zero-order valence-corrected chi connectivity index (χ0v) is 40.2. The fourth-order valence-electron chi connectivity index (χ4n) is 4.55. The Hall–Kier alpha value is -2.99. The molecular formula is C44H48Cl4O12Ru2. The number of hydrogen-bond acceptors (Lipinski definition) is 12. The zero-order chi connectivity index (χ0) is 44.4. The standard InChI is InChI=1S/4C7H5ClO2.4C4H8O.2Ru/c4*8-6-4-2-1-3-5(6)7(9)10;4*1-2-4-5-3-1;;/h4*1-4H,(H,9,10);4*1-4H2;;/q;;;;;;;;2*+2/p-4. The third-order valence-corrected chi connectivity index (χ3v) is 9.00. The van der Waals surface area contributed by atoms with Gasteiger partial charge in [0.25, 0.3) is 0 Å². The van der Waals surface area contributed by atoms with Crippen molar-refractivity contribution in [2.24, 2.45) is 0 Å². The van der Waals surface area contributed by atoms with Gasteiger partial charge in [-0.05, 0) is 75.6 Å². The molecule has 12 nitrogen and oxygen atoms in total. The van der Waals surface area contributed by atoms with Crippen LogP contribution in [0.4, 0.5) is 0 Å². The average molecular weight is 1110 g/mol. The van der Waals surface area contributed by atoms with Crippen LogP contribution in [0.25, 0.3) is 0 Å². The molecule has 0 spiro atoms. The molecule has 4 saturated heterocycles. The summed E-state index contributed by atoms with van der Waals surface area (Å²) in [6.07, 6.45) is 10.2. The molecule has 0 unspecified atom stereocenters. The van der Waals surface area contributed by atoms with Crippen molar-refractivity contribution in [2.45, 2.75) is 51.4 Å². The van der Waals surface area contributed by atoms with Crippen LogP contribution in [0.5, 0.6) is 0 Å². The molecule has 8 rings (SSSR count). The summed E-state index contributed by atoms with van der Waals surface area (Å²) in [7, 11) is 0. The summed E-state index contributed by atoms with van der Waals surface area (Å²) in [5.74, 6) is -4.98. The molecular weight excluding hydrogens is 1060 g/mol. The summed E-state index contributed by atoms with van der Waals surface area (Å²) in [6, 6.07) is 24.7. The van der Waals surface area contributed by atoms with Crippen LogP contribution < -0.4 is 20.4 Å². The topological polar surface area (TPSA) is 197 Å². The summed E-state index contributed by atoms with van der Waals surface area (Å²) in [5, 5.41) is 41.7. The van der Waals surface area contributed by atoms with E-state index in [9.17, 15) is 39.6 Å². The van der Waals surface area contributed by atoms with Crippen LogP contribution >= 0.6 is 46.4 Å². The van der Waals surface area contributed by atoms with Crippen LogP contribution in [-0.4, -0.2) is 76.7 Å². The first-order chi connectivity index (χ1) is 28.9. The van der Waals surface area contributed by atoms with Gasteiger partial charge in [0, 0.05) is 95.2 Å². The Bertz CT molecular complexity index is 1530. The number of ether oxygens (including phenoxy) is 4. The first kappa shape index (κ1) is 61.1. The molecule has 0 radical (unpaired) electrons. The van der Waals surface area contributed by atoms with E-state index in [1.165, 1.54) is 99.9 Å². The molecule has 18 heteroatoms. The normalized spacial score (nSPS) is 13.7. The van der Waals surface area contributed by atoms with E-state index < -0.39 is 23.9 Å². The van der Waals surface area contributed by atoms with E-state index in [1.54, 1.807) is 48.5 Å². The quantitative estimate of drug-likeness (QED) is 0.217. The Kier molecular flexibility index (Phi) is 39.0. The van der Waals surface area contributed by atoms with Gasteiger partial charge >= 0.3 is 39.0 Å². The first-order valence-electron chi connectivity index (χ1n) is 19.0. The van der Waals surface area contributed by atoms with E-state index in [0.29, 0.717) is 0 Å². The van der Waals surface area contributed by atoms with Gasteiger partial charge < -0.3 is 58.6 Å². The molecule has 0 bridgehead atoms. The van der Waals surface area contributed by atoms with Crippen molar-refractivity contribution in [1.82, 2.24) is 0 Å². The molecule has 0 N–H and O–H groups in total. The average Bonchev–Trinajstić information content (AvgIpc) is 4.10. The van der Waals surface area contributed by atoms with Gasteiger partial charge in [-0.2, -0.15) is 0 Å². The van der Waals surface area contributed by atoms with Crippen LogP contribution in [0.1, 0.15) is 92.8 Å². The van der Waals surface area contributed by atoms with Crippen molar-refractivity contribution in [2.75, 3.05) is 52.9 Å². The summed E-state index contributed by atoms with van der Waals surface area (Å²) < 4.78 is 19.8. The minimum Gasteiger partial charge on any atom is -0.545 e. The minimum atomic E-state index is -1.24. The van der Waals surface area contributed by atoms with Crippen LogP contribution in [0.2, 0.25) is 20.1 Å². The summed E-state index contributed by atoms with van der Waals surface area (Å²) in [5.41, 5.74) is 0.127. The first-order valence-corrected chi connectivity index (χ1v) is 20.5. The number of aromatic carboxylic acids is 4. The molecule has 0 amide bonds. The summed E-state index contributed by atoms with van der Waals surface area (Å²) >= 11 is 22.0. The largest absolute Gasteiger partial charge is 2.00 e. The maximum absolute atomic E-state index is 10.2. The van der Waals surface area contributed by atoms with E-state index in [1.807, 2.05) is 0 Å². The SMILES string of the molecule is C1CCOC1.C1CCOC1.C1CCOC1.C1CCOC1.O=C([O-])c1ccccc1Cl.O=C([O-])c1ccccc1Cl.O=C([O-])c1ccccc1Cl.O=C([O-])c1ccccc1Cl.[Ru+2].[Ru+2]. The number of rotatable bonds is 4.